The number of hydrogen-bond acceptors (Lipinski definition) is 5. The zero-order valence-corrected chi connectivity index (χ0v) is 9.89. The van der Waals surface area contributed by atoms with E-state index in [0.29, 0.717) is 13.0 Å². The van der Waals surface area contributed by atoms with Crippen LogP contribution in [0.15, 0.2) is 0 Å². The predicted octanol–water partition coefficient (Wildman–Crippen LogP) is -0.284. The molecule has 1 atom stereocenters. The van der Waals surface area contributed by atoms with Crippen molar-refractivity contribution < 1.29 is 17.9 Å². The highest BCUT2D eigenvalue weighted by atomic mass is 32.2. The first-order valence-electron chi connectivity index (χ1n) is 4.89. The quantitative estimate of drug-likeness (QED) is 0.678. The van der Waals surface area contributed by atoms with Crippen LogP contribution >= 0.6 is 0 Å². The standard InChI is InChI=1S/C9H17NO4S/c1-9(4-6-15(12,13)7-9)10-5-3-8(11)14-2/h10H,3-7H2,1-2H3. The van der Waals surface area contributed by atoms with Crippen molar-refractivity contribution in [3.8, 4) is 0 Å². The summed E-state index contributed by atoms with van der Waals surface area (Å²) >= 11 is 0. The van der Waals surface area contributed by atoms with Gasteiger partial charge in [-0.25, -0.2) is 8.42 Å². The van der Waals surface area contributed by atoms with E-state index in [2.05, 4.69) is 10.1 Å². The zero-order valence-electron chi connectivity index (χ0n) is 9.08. The molecule has 1 heterocycles. The second-order valence-corrected chi connectivity index (χ2v) is 6.34. The SMILES string of the molecule is COC(=O)CCNC1(C)CCS(=O)(=O)C1. The van der Waals surface area contributed by atoms with Crippen LogP contribution < -0.4 is 5.32 Å². The first kappa shape index (κ1) is 12.4. The predicted molar refractivity (Wildman–Crippen MR) is 56.3 cm³/mol. The Morgan fingerprint density at radius 3 is 2.67 bits per heavy atom. The van der Waals surface area contributed by atoms with Crippen molar-refractivity contribution in [1.29, 1.82) is 0 Å². The maximum atomic E-state index is 11.3. The fourth-order valence-electron chi connectivity index (χ4n) is 1.72. The van der Waals surface area contributed by atoms with Gasteiger partial charge in [0, 0.05) is 12.1 Å². The summed E-state index contributed by atoms with van der Waals surface area (Å²) in [6.07, 6.45) is 0.878. The molecule has 1 unspecified atom stereocenters. The molecule has 0 aromatic rings. The fraction of sp³-hybridized carbons (Fsp3) is 0.889. The van der Waals surface area contributed by atoms with Crippen LogP contribution in [0.2, 0.25) is 0 Å². The highest BCUT2D eigenvalue weighted by molar-refractivity contribution is 7.91. The van der Waals surface area contributed by atoms with E-state index in [9.17, 15) is 13.2 Å². The normalized spacial score (nSPS) is 28.9. The molecule has 0 spiro atoms. The van der Waals surface area contributed by atoms with Crippen LogP contribution in [0.4, 0.5) is 0 Å². The van der Waals surface area contributed by atoms with Crippen molar-refractivity contribution in [1.82, 2.24) is 5.32 Å². The summed E-state index contributed by atoms with van der Waals surface area (Å²) in [6, 6.07) is 0. The second kappa shape index (κ2) is 4.49. The third-order valence-electron chi connectivity index (χ3n) is 2.61. The lowest BCUT2D eigenvalue weighted by Crippen LogP contribution is -2.44. The molecular weight excluding hydrogens is 218 g/mol. The van der Waals surface area contributed by atoms with Gasteiger partial charge in [-0.1, -0.05) is 0 Å². The minimum absolute atomic E-state index is 0.154. The Kier molecular flexibility index (Phi) is 3.72. The molecule has 0 aromatic carbocycles. The average Bonchev–Trinajstić information content (AvgIpc) is 2.41. The Balaban J connectivity index is 2.36. The van der Waals surface area contributed by atoms with Crippen molar-refractivity contribution in [2.24, 2.45) is 0 Å². The molecule has 0 aliphatic carbocycles. The fourth-order valence-corrected chi connectivity index (χ4v) is 3.84. The van der Waals surface area contributed by atoms with Crippen molar-refractivity contribution >= 4 is 15.8 Å². The molecule has 1 aliphatic rings. The lowest BCUT2D eigenvalue weighted by molar-refractivity contribution is -0.140. The van der Waals surface area contributed by atoms with Crippen LogP contribution in [0.5, 0.6) is 0 Å². The number of carbonyl (C=O) groups excluding carboxylic acids is 1. The van der Waals surface area contributed by atoms with E-state index in [-0.39, 0.29) is 29.4 Å². The topological polar surface area (TPSA) is 72.5 Å². The number of sulfone groups is 1. The van der Waals surface area contributed by atoms with Crippen molar-refractivity contribution in [2.75, 3.05) is 25.2 Å². The van der Waals surface area contributed by atoms with Gasteiger partial charge in [0.15, 0.2) is 9.84 Å². The summed E-state index contributed by atoms with van der Waals surface area (Å²) in [4.78, 5) is 10.8. The number of hydrogen-bond donors (Lipinski definition) is 1. The van der Waals surface area contributed by atoms with E-state index in [4.69, 9.17) is 0 Å². The van der Waals surface area contributed by atoms with Gasteiger partial charge in [0.05, 0.1) is 25.0 Å². The molecule has 0 amide bonds. The number of ether oxygens (including phenoxy) is 1. The maximum Gasteiger partial charge on any atom is 0.306 e. The van der Waals surface area contributed by atoms with Gasteiger partial charge in [0.25, 0.3) is 0 Å². The van der Waals surface area contributed by atoms with Gasteiger partial charge in [-0.3, -0.25) is 4.79 Å². The van der Waals surface area contributed by atoms with E-state index in [0.717, 1.165) is 0 Å². The summed E-state index contributed by atoms with van der Waals surface area (Å²) in [5.74, 6) is 0.0996. The minimum Gasteiger partial charge on any atom is -0.469 e. The average molecular weight is 235 g/mol. The van der Waals surface area contributed by atoms with Gasteiger partial charge in [-0.15, -0.1) is 0 Å². The maximum absolute atomic E-state index is 11.3. The van der Waals surface area contributed by atoms with Crippen LogP contribution in [0.25, 0.3) is 0 Å². The van der Waals surface area contributed by atoms with Gasteiger partial charge in [0.1, 0.15) is 0 Å². The molecule has 0 bridgehead atoms. The molecule has 0 aromatic heterocycles. The van der Waals surface area contributed by atoms with E-state index in [1.54, 1.807) is 0 Å². The van der Waals surface area contributed by atoms with Crippen LogP contribution in [0, 0.1) is 0 Å². The molecule has 0 saturated carbocycles. The lowest BCUT2D eigenvalue weighted by atomic mass is 10.0. The number of rotatable bonds is 4. The Hall–Kier alpha value is -0.620. The number of methoxy groups -OCH3 is 1. The molecule has 1 N–H and O–H groups in total. The molecule has 1 rings (SSSR count). The zero-order chi connectivity index (χ0) is 11.5. The Bertz CT molecular complexity index is 338. The number of nitrogens with one attached hydrogen (secondary N) is 1. The van der Waals surface area contributed by atoms with Crippen molar-refractivity contribution in [3.05, 3.63) is 0 Å². The number of esters is 1. The largest absolute Gasteiger partial charge is 0.469 e. The molecule has 1 aliphatic heterocycles. The molecule has 88 valence electrons. The molecule has 0 radical (unpaired) electrons. The summed E-state index contributed by atoms with van der Waals surface area (Å²) in [5.41, 5.74) is -0.382. The lowest BCUT2D eigenvalue weighted by Gasteiger charge is -2.23. The Morgan fingerprint density at radius 1 is 1.53 bits per heavy atom. The van der Waals surface area contributed by atoms with Crippen LogP contribution in [0.3, 0.4) is 0 Å². The van der Waals surface area contributed by atoms with Crippen molar-refractivity contribution in [3.63, 3.8) is 0 Å². The first-order chi connectivity index (χ1) is 6.87. The van der Waals surface area contributed by atoms with Crippen LogP contribution in [-0.2, 0) is 19.4 Å². The van der Waals surface area contributed by atoms with E-state index in [1.165, 1.54) is 7.11 Å². The summed E-state index contributed by atoms with van der Waals surface area (Å²) in [5, 5.41) is 3.10. The van der Waals surface area contributed by atoms with E-state index < -0.39 is 9.84 Å². The highest BCUT2D eigenvalue weighted by Crippen LogP contribution is 2.22. The molecule has 1 saturated heterocycles. The number of carbonyl (C=O) groups is 1. The third-order valence-corrected chi connectivity index (χ3v) is 4.51. The molecule has 1 fully saturated rings. The van der Waals surface area contributed by atoms with Gasteiger partial charge in [-0.2, -0.15) is 0 Å². The summed E-state index contributed by atoms with van der Waals surface area (Å²) in [6.45, 7) is 2.33. The monoisotopic (exact) mass is 235 g/mol. The van der Waals surface area contributed by atoms with Crippen LogP contribution in [0.1, 0.15) is 19.8 Å². The van der Waals surface area contributed by atoms with Gasteiger partial charge in [-0.05, 0) is 13.3 Å². The Labute approximate surface area is 90.1 Å². The van der Waals surface area contributed by atoms with E-state index in [1.807, 2.05) is 6.92 Å². The summed E-state index contributed by atoms with van der Waals surface area (Å²) < 4.78 is 27.0. The van der Waals surface area contributed by atoms with Gasteiger partial charge < -0.3 is 10.1 Å². The molecule has 6 heteroatoms. The van der Waals surface area contributed by atoms with Gasteiger partial charge >= 0.3 is 5.97 Å². The summed E-state index contributed by atoms with van der Waals surface area (Å²) in [7, 11) is -1.55. The third kappa shape index (κ3) is 3.79. The van der Waals surface area contributed by atoms with E-state index >= 15 is 0 Å². The smallest absolute Gasteiger partial charge is 0.306 e. The Morgan fingerprint density at radius 2 is 2.20 bits per heavy atom. The second-order valence-electron chi connectivity index (χ2n) is 4.16. The van der Waals surface area contributed by atoms with Crippen LogP contribution in [-0.4, -0.2) is 45.1 Å². The molecular formula is C9H17NO4S. The molecule has 5 nitrogen and oxygen atoms in total. The van der Waals surface area contributed by atoms with Gasteiger partial charge in [0.2, 0.25) is 0 Å². The van der Waals surface area contributed by atoms with Crippen molar-refractivity contribution in [2.45, 2.75) is 25.3 Å². The minimum atomic E-state index is -2.89. The first-order valence-corrected chi connectivity index (χ1v) is 6.71. The molecule has 15 heavy (non-hydrogen) atoms. The highest BCUT2D eigenvalue weighted by Gasteiger charge is 2.37.